The highest BCUT2D eigenvalue weighted by Gasteiger charge is 2.23. The maximum absolute atomic E-state index is 13.8. The van der Waals surface area contributed by atoms with E-state index in [9.17, 15) is 14.3 Å². The fourth-order valence-corrected chi connectivity index (χ4v) is 3.61. The molecule has 0 aliphatic heterocycles. The Kier molecular flexibility index (Phi) is 7.33. The predicted octanol–water partition coefficient (Wildman–Crippen LogP) is 4.74. The fourth-order valence-electron chi connectivity index (χ4n) is 3.61. The summed E-state index contributed by atoms with van der Waals surface area (Å²) < 4.78 is 21.3. The number of aliphatic hydroxyl groups is 1. The molecule has 0 spiro atoms. The van der Waals surface area contributed by atoms with Crippen molar-refractivity contribution in [3.63, 3.8) is 0 Å². The van der Waals surface area contributed by atoms with Gasteiger partial charge in [0.05, 0.1) is 12.3 Å². The van der Waals surface area contributed by atoms with E-state index >= 15 is 0 Å². The summed E-state index contributed by atoms with van der Waals surface area (Å²) in [6.07, 6.45) is 3.40. The molecule has 32 heavy (non-hydrogen) atoms. The fraction of sp³-hybridized carbons (Fsp3) is 0.240. The summed E-state index contributed by atoms with van der Waals surface area (Å²) >= 11 is 0. The van der Waals surface area contributed by atoms with Crippen molar-refractivity contribution in [3.05, 3.63) is 95.5 Å². The smallest absolute Gasteiger partial charge is 0.182 e. The van der Waals surface area contributed by atoms with Crippen molar-refractivity contribution in [1.29, 1.82) is 0 Å². The molecule has 0 saturated heterocycles. The first-order valence-electron chi connectivity index (χ1n) is 9.97. The zero-order valence-electron chi connectivity index (χ0n) is 17.0. The lowest BCUT2D eigenvalue weighted by Gasteiger charge is -2.14. The van der Waals surface area contributed by atoms with E-state index in [0.29, 0.717) is 22.8 Å². The summed E-state index contributed by atoms with van der Waals surface area (Å²) in [5, 5.41) is 9.82. The van der Waals surface area contributed by atoms with Crippen LogP contribution in [0.1, 0.15) is 47.2 Å². The number of fused-ring (bicyclic) bond motifs is 1. The van der Waals surface area contributed by atoms with Crippen LogP contribution in [0, 0.1) is 12.7 Å². The minimum Gasteiger partial charge on any atom is -0.483 e. The highest BCUT2D eigenvalue weighted by Crippen LogP contribution is 2.26. The lowest BCUT2D eigenvalue weighted by atomic mass is 9.93. The van der Waals surface area contributed by atoms with Crippen LogP contribution in [-0.2, 0) is 6.61 Å². The number of nitrogens with zero attached hydrogens (tertiary/aromatic N) is 3. The number of ketones is 1. The topological polar surface area (TPSA) is 76.7 Å². The average Bonchev–Trinajstić information content (AvgIpc) is 3.14. The molecule has 0 bridgehead atoms. The monoisotopic (exact) mass is 435 g/mol. The Balaban J connectivity index is 0.00000289. The van der Waals surface area contributed by atoms with Gasteiger partial charge in [0.1, 0.15) is 23.8 Å². The number of carbonyl (C=O) groups is 1. The summed E-state index contributed by atoms with van der Waals surface area (Å²) in [4.78, 5) is 21.7. The van der Waals surface area contributed by atoms with Crippen LogP contribution in [0.25, 0.3) is 5.65 Å². The number of ether oxygens (including phenoxy) is 1. The highest BCUT2D eigenvalue weighted by molar-refractivity contribution is 5.97. The summed E-state index contributed by atoms with van der Waals surface area (Å²) in [6.45, 7) is 1.58. The van der Waals surface area contributed by atoms with Gasteiger partial charge in [0.15, 0.2) is 17.2 Å². The largest absolute Gasteiger partial charge is 0.483 e. The number of imidazole rings is 1. The van der Waals surface area contributed by atoms with Crippen LogP contribution in [0.4, 0.5) is 4.39 Å². The van der Waals surface area contributed by atoms with Crippen LogP contribution < -0.4 is 4.74 Å². The summed E-state index contributed by atoms with van der Waals surface area (Å²) in [7, 11) is 0. The zero-order chi connectivity index (χ0) is 21.8. The third kappa shape index (κ3) is 4.68. The number of Topliss-reactive ketones (excluding diaryl/α,β-unsaturated/α-hetero) is 1. The maximum Gasteiger partial charge on any atom is 0.182 e. The average molecular weight is 435 g/mol. The number of pyridine rings is 2. The van der Waals surface area contributed by atoms with Crippen molar-refractivity contribution in [2.45, 2.75) is 33.3 Å². The third-order valence-corrected chi connectivity index (χ3v) is 5.17. The Labute approximate surface area is 186 Å². The van der Waals surface area contributed by atoms with E-state index in [0.717, 1.165) is 5.56 Å². The molecule has 166 valence electrons. The number of halogens is 1. The van der Waals surface area contributed by atoms with Gasteiger partial charge in [-0.15, -0.1) is 0 Å². The van der Waals surface area contributed by atoms with Crippen LogP contribution in [0.3, 0.4) is 0 Å². The first-order chi connectivity index (χ1) is 15.1. The summed E-state index contributed by atoms with van der Waals surface area (Å²) in [5.74, 6) is -0.441. The Morgan fingerprint density at radius 1 is 1.16 bits per heavy atom. The highest BCUT2D eigenvalue weighted by atomic mass is 19.1. The molecule has 0 saturated carbocycles. The van der Waals surface area contributed by atoms with Gasteiger partial charge in [-0.2, -0.15) is 0 Å². The van der Waals surface area contributed by atoms with E-state index in [-0.39, 0.29) is 44.5 Å². The minimum absolute atomic E-state index is 0. The molecule has 0 fully saturated rings. The van der Waals surface area contributed by atoms with Gasteiger partial charge >= 0.3 is 0 Å². The third-order valence-electron chi connectivity index (χ3n) is 5.17. The van der Waals surface area contributed by atoms with Crippen molar-refractivity contribution in [2.75, 3.05) is 6.61 Å². The Morgan fingerprint density at radius 3 is 2.66 bits per heavy atom. The van der Waals surface area contributed by atoms with Crippen molar-refractivity contribution in [1.82, 2.24) is 14.4 Å². The second-order valence-corrected chi connectivity index (χ2v) is 7.25. The quantitative estimate of drug-likeness (QED) is 0.405. The normalized spacial score (nSPS) is 11.7. The second-order valence-electron chi connectivity index (χ2n) is 7.25. The number of hydrogen-bond donors (Lipinski definition) is 1. The summed E-state index contributed by atoms with van der Waals surface area (Å²) in [5.41, 5.74) is 2.58. The Morgan fingerprint density at radius 2 is 1.94 bits per heavy atom. The van der Waals surface area contributed by atoms with Gasteiger partial charge in [0.2, 0.25) is 0 Å². The first kappa shape index (κ1) is 23.1. The van der Waals surface area contributed by atoms with Crippen LogP contribution in [0.2, 0.25) is 0 Å². The van der Waals surface area contributed by atoms with Crippen molar-refractivity contribution in [2.24, 2.45) is 0 Å². The standard InChI is InChI=1S/C24H22FN3O3.CH4/c1-16-23(21(30)13-18(14-29)17-7-3-2-4-8-17)28-12-6-10-22(24(28)27-16)31-15-20-19(25)9-5-11-26-20;/h2-12,18,29H,13-15H2,1H3;1H4/t18-;/m0./s1. The minimum atomic E-state index is -0.444. The van der Waals surface area contributed by atoms with E-state index < -0.39 is 5.82 Å². The van der Waals surface area contributed by atoms with E-state index in [1.54, 1.807) is 29.7 Å². The number of aryl methyl sites for hydroxylation is 1. The molecule has 3 aromatic heterocycles. The molecular weight excluding hydrogens is 409 g/mol. The molecule has 0 aliphatic rings. The van der Waals surface area contributed by atoms with Crippen LogP contribution in [-0.4, -0.2) is 31.9 Å². The lowest BCUT2D eigenvalue weighted by molar-refractivity contribution is 0.0953. The van der Waals surface area contributed by atoms with Crippen molar-refractivity contribution in [3.8, 4) is 5.75 Å². The molecule has 0 amide bonds. The molecule has 0 aliphatic carbocycles. The second kappa shape index (κ2) is 10.2. The van der Waals surface area contributed by atoms with Crippen LogP contribution in [0.15, 0.2) is 67.0 Å². The molecule has 1 atom stereocenters. The molecule has 4 rings (SSSR count). The number of rotatable bonds is 8. The molecule has 0 radical (unpaired) electrons. The maximum atomic E-state index is 13.8. The number of aliphatic hydroxyl groups excluding tert-OH is 1. The van der Waals surface area contributed by atoms with Gasteiger partial charge in [-0.3, -0.25) is 14.2 Å². The van der Waals surface area contributed by atoms with Gasteiger partial charge in [-0.05, 0) is 36.8 Å². The Bertz CT molecular complexity index is 1210. The molecule has 4 aromatic rings. The summed E-state index contributed by atoms with van der Waals surface area (Å²) in [6, 6.07) is 15.8. The van der Waals surface area contributed by atoms with Gasteiger partial charge in [-0.1, -0.05) is 37.8 Å². The van der Waals surface area contributed by atoms with Crippen molar-refractivity contribution >= 4 is 11.4 Å². The molecule has 0 unspecified atom stereocenters. The number of carbonyl (C=O) groups excluding carboxylic acids is 1. The predicted molar refractivity (Wildman–Crippen MR) is 120 cm³/mol. The lowest BCUT2D eigenvalue weighted by Crippen LogP contribution is -2.13. The zero-order valence-corrected chi connectivity index (χ0v) is 17.0. The Hall–Kier alpha value is -3.58. The molecule has 1 N–H and O–H groups in total. The molecule has 6 nitrogen and oxygen atoms in total. The van der Waals surface area contributed by atoms with E-state index in [1.165, 1.54) is 18.3 Å². The van der Waals surface area contributed by atoms with Crippen LogP contribution in [0.5, 0.6) is 5.75 Å². The van der Waals surface area contributed by atoms with E-state index in [2.05, 4.69) is 9.97 Å². The molecule has 3 heterocycles. The number of aromatic nitrogens is 3. The molecule has 1 aromatic carbocycles. The van der Waals surface area contributed by atoms with Crippen molar-refractivity contribution < 1.29 is 19.0 Å². The SMILES string of the molecule is C.Cc1nc2c(OCc3ncccc3F)cccn2c1C(=O)C[C@@H](CO)c1ccccc1. The molecular formula is C25H26FN3O3. The van der Waals surface area contributed by atoms with Gasteiger partial charge in [-0.25, -0.2) is 9.37 Å². The van der Waals surface area contributed by atoms with Gasteiger partial charge in [0.25, 0.3) is 0 Å². The van der Waals surface area contributed by atoms with Gasteiger partial charge in [0, 0.05) is 24.7 Å². The van der Waals surface area contributed by atoms with E-state index in [1.807, 2.05) is 30.3 Å². The number of hydrogen-bond acceptors (Lipinski definition) is 5. The number of benzene rings is 1. The molecule has 7 heteroatoms. The first-order valence-corrected chi connectivity index (χ1v) is 9.97. The van der Waals surface area contributed by atoms with Crippen LogP contribution >= 0.6 is 0 Å². The van der Waals surface area contributed by atoms with Gasteiger partial charge < -0.3 is 9.84 Å². The van der Waals surface area contributed by atoms with E-state index in [4.69, 9.17) is 4.74 Å².